The van der Waals surface area contributed by atoms with Gasteiger partial charge in [-0.05, 0) is 44.0 Å². The summed E-state index contributed by atoms with van der Waals surface area (Å²) >= 11 is 0. The van der Waals surface area contributed by atoms with Gasteiger partial charge in [-0.1, -0.05) is 18.2 Å². The van der Waals surface area contributed by atoms with E-state index in [1.807, 2.05) is 44.2 Å². The van der Waals surface area contributed by atoms with Crippen LogP contribution in [0.5, 0.6) is 0 Å². The third-order valence-electron chi connectivity index (χ3n) is 4.64. The Morgan fingerprint density at radius 2 is 2.12 bits per heavy atom. The molecule has 3 rings (SSSR count). The van der Waals surface area contributed by atoms with Crippen LogP contribution in [0.4, 0.5) is 0 Å². The maximum Gasteiger partial charge on any atom is 0.254 e. The number of aromatic nitrogens is 1. The van der Waals surface area contributed by atoms with Crippen LogP contribution in [0, 0.1) is 13.8 Å². The Morgan fingerprint density at radius 3 is 2.85 bits per heavy atom. The van der Waals surface area contributed by atoms with Gasteiger partial charge in [0.25, 0.3) is 5.91 Å². The molecular formula is C20H23N3O3. The lowest BCUT2D eigenvalue weighted by Crippen LogP contribution is -2.57. The number of carbonyl (C=O) groups is 2. The average Bonchev–Trinajstić information content (AvgIpc) is 2.63. The number of rotatable bonds is 4. The molecule has 2 N–H and O–H groups in total. The van der Waals surface area contributed by atoms with Gasteiger partial charge in [0.15, 0.2) is 0 Å². The molecule has 1 atom stereocenters. The largest absolute Gasteiger partial charge is 0.396 e. The van der Waals surface area contributed by atoms with Crippen molar-refractivity contribution in [3.63, 3.8) is 0 Å². The highest BCUT2D eigenvalue weighted by Gasteiger charge is 2.33. The minimum absolute atomic E-state index is 0.143. The number of benzene rings is 1. The van der Waals surface area contributed by atoms with Crippen molar-refractivity contribution in [2.75, 3.05) is 19.7 Å². The van der Waals surface area contributed by atoms with E-state index in [0.29, 0.717) is 18.7 Å². The number of carbonyl (C=O) groups excluding carboxylic acids is 2. The van der Waals surface area contributed by atoms with Gasteiger partial charge in [-0.3, -0.25) is 14.6 Å². The second-order valence-corrected chi connectivity index (χ2v) is 6.48. The number of aryl methyl sites for hydroxylation is 2. The SMILES string of the molecule is Cc1ccc(-c2cccc(C(=O)N3CCNC(=O)C3CCO)c2)c(C)n1. The maximum atomic E-state index is 13.0. The Kier molecular flexibility index (Phi) is 5.32. The molecule has 0 saturated carbocycles. The Hall–Kier alpha value is -2.73. The quantitative estimate of drug-likeness (QED) is 0.876. The number of piperazine rings is 1. The van der Waals surface area contributed by atoms with Gasteiger partial charge in [-0.25, -0.2) is 0 Å². The van der Waals surface area contributed by atoms with E-state index in [1.54, 1.807) is 11.0 Å². The van der Waals surface area contributed by atoms with Crippen molar-refractivity contribution in [3.8, 4) is 11.1 Å². The van der Waals surface area contributed by atoms with Crippen LogP contribution in [0.3, 0.4) is 0 Å². The first-order valence-corrected chi connectivity index (χ1v) is 8.75. The van der Waals surface area contributed by atoms with Gasteiger partial charge in [0.05, 0.1) is 0 Å². The van der Waals surface area contributed by atoms with Gasteiger partial charge in [0, 0.05) is 42.2 Å². The van der Waals surface area contributed by atoms with Crippen LogP contribution in [0.1, 0.15) is 28.2 Å². The third kappa shape index (κ3) is 3.60. The summed E-state index contributed by atoms with van der Waals surface area (Å²) in [5.74, 6) is -0.411. The van der Waals surface area contributed by atoms with Gasteiger partial charge in [-0.15, -0.1) is 0 Å². The first kappa shape index (κ1) is 18.1. The van der Waals surface area contributed by atoms with E-state index in [0.717, 1.165) is 22.5 Å². The summed E-state index contributed by atoms with van der Waals surface area (Å²) in [6.45, 7) is 4.61. The molecule has 1 aromatic carbocycles. The predicted molar refractivity (Wildman–Crippen MR) is 98.7 cm³/mol. The number of amides is 2. The molecule has 0 radical (unpaired) electrons. The highest BCUT2D eigenvalue weighted by atomic mass is 16.3. The Balaban J connectivity index is 1.91. The maximum absolute atomic E-state index is 13.0. The van der Waals surface area contributed by atoms with Crippen molar-refractivity contribution in [2.45, 2.75) is 26.3 Å². The normalized spacial score (nSPS) is 17.1. The average molecular weight is 353 g/mol. The lowest BCUT2D eigenvalue weighted by molar-refractivity contribution is -0.128. The summed E-state index contributed by atoms with van der Waals surface area (Å²) in [7, 11) is 0. The van der Waals surface area contributed by atoms with Crippen LogP contribution in [-0.4, -0.2) is 52.5 Å². The zero-order chi connectivity index (χ0) is 18.7. The first-order valence-electron chi connectivity index (χ1n) is 8.75. The molecule has 2 amide bonds. The summed E-state index contributed by atoms with van der Waals surface area (Å²) in [5, 5.41) is 12.0. The molecule has 1 aromatic heterocycles. The van der Waals surface area contributed by atoms with Gasteiger partial charge >= 0.3 is 0 Å². The molecule has 1 saturated heterocycles. The Morgan fingerprint density at radius 1 is 1.31 bits per heavy atom. The van der Waals surface area contributed by atoms with Crippen molar-refractivity contribution >= 4 is 11.8 Å². The molecule has 1 aliphatic rings. The Bertz CT molecular complexity index is 835. The molecule has 1 aliphatic heterocycles. The van der Waals surface area contributed by atoms with Crippen LogP contribution in [0.2, 0.25) is 0 Å². The van der Waals surface area contributed by atoms with E-state index in [2.05, 4.69) is 10.3 Å². The number of hydrogen-bond acceptors (Lipinski definition) is 4. The molecule has 1 fully saturated rings. The molecule has 136 valence electrons. The predicted octanol–water partition coefficient (Wildman–Crippen LogP) is 1.69. The number of hydrogen-bond donors (Lipinski definition) is 2. The lowest BCUT2D eigenvalue weighted by atomic mass is 10.00. The number of aliphatic hydroxyl groups excluding tert-OH is 1. The van der Waals surface area contributed by atoms with Gasteiger partial charge in [-0.2, -0.15) is 0 Å². The molecule has 2 heterocycles. The van der Waals surface area contributed by atoms with Crippen LogP contribution in [0.15, 0.2) is 36.4 Å². The van der Waals surface area contributed by atoms with Gasteiger partial charge in [0.2, 0.25) is 5.91 Å². The summed E-state index contributed by atoms with van der Waals surface area (Å²) < 4.78 is 0. The summed E-state index contributed by atoms with van der Waals surface area (Å²) in [6, 6.07) is 10.7. The van der Waals surface area contributed by atoms with Crippen LogP contribution < -0.4 is 5.32 Å². The topological polar surface area (TPSA) is 82.5 Å². The van der Waals surface area contributed by atoms with E-state index >= 15 is 0 Å². The van der Waals surface area contributed by atoms with E-state index in [-0.39, 0.29) is 24.8 Å². The number of aliphatic hydroxyl groups is 1. The fourth-order valence-corrected chi connectivity index (χ4v) is 3.34. The molecule has 0 spiro atoms. The molecule has 2 aromatic rings. The molecule has 0 bridgehead atoms. The molecule has 0 aliphatic carbocycles. The van der Waals surface area contributed by atoms with E-state index in [1.165, 1.54) is 0 Å². The third-order valence-corrected chi connectivity index (χ3v) is 4.64. The second kappa shape index (κ2) is 7.66. The van der Waals surface area contributed by atoms with Gasteiger partial charge < -0.3 is 15.3 Å². The Labute approximate surface area is 152 Å². The monoisotopic (exact) mass is 353 g/mol. The second-order valence-electron chi connectivity index (χ2n) is 6.48. The van der Waals surface area contributed by atoms with Crippen LogP contribution >= 0.6 is 0 Å². The molecule has 6 heteroatoms. The minimum Gasteiger partial charge on any atom is -0.396 e. The number of pyridine rings is 1. The van der Waals surface area contributed by atoms with Crippen molar-refractivity contribution in [3.05, 3.63) is 53.3 Å². The molecule has 1 unspecified atom stereocenters. The standard InChI is InChI=1S/C20H23N3O3/c1-13-6-7-17(14(2)22-13)15-4-3-5-16(12-15)20(26)23-10-9-21-19(25)18(23)8-11-24/h3-7,12,18,24H,8-11H2,1-2H3,(H,21,25). The van der Waals surface area contributed by atoms with E-state index in [9.17, 15) is 14.7 Å². The van der Waals surface area contributed by atoms with Crippen molar-refractivity contribution in [2.24, 2.45) is 0 Å². The summed E-state index contributed by atoms with van der Waals surface area (Å²) in [6.07, 6.45) is 0.234. The lowest BCUT2D eigenvalue weighted by Gasteiger charge is -2.35. The van der Waals surface area contributed by atoms with Crippen LogP contribution in [0.25, 0.3) is 11.1 Å². The van der Waals surface area contributed by atoms with E-state index in [4.69, 9.17) is 0 Å². The highest BCUT2D eigenvalue weighted by molar-refractivity contribution is 5.99. The zero-order valence-electron chi connectivity index (χ0n) is 15.0. The fraction of sp³-hybridized carbons (Fsp3) is 0.350. The summed E-state index contributed by atoms with van der Waals surface area (Å²) in [5.41, 5.74) is 4.28. The number of nitrogens with one attached hydrogen (secondary N) is 1. The zero-order valence-corrected chi connectivity index (χ0v) is 15.0. The smallest absolute Gasteiger partial charge is 0.254 e. The molecule has 6 nitrogen and oxygen atoms in total. The first-order chi connectivity index (χ1) is 12.5. The molecular weight excluding hydrogens is 330 g/mol. The van der Waals surface area contributed by atoms with Crippen molar-refractivity contribution < 1.29 is 14.7 Å². The fourth-order valence-electron chi connectivity index (χ4n) is 3.34. The van der Waals surface area contributed by atoms with Gasteiger partial charge in [0.1, 0.15) is 6.04 Å². The summed E-state index contributed by atoms with van der Waals surface area (Å²) in [4.78, 5) is 31.1. The highest BCUT2D eigenvalue weighted by Crippen LogP contribution is 2.24. The van der Waals surface area contributed by atoms with Crippen LogP contribution in [-0.2, 0) is 4.79 Å². The van der Waals surface area contributed by atoms with E-state index < -0.39 is 6.04 Å². The van der Waals surface area contributed by atoms with Crippen molar-refractivity contribution in [1.82, 2.24) is 15.2 Å². The van der Waals surface area contributed by atoms with Crippen molar-refractivity contribution in [1.29, 1.82) is 0 Å². The molecule has 26 heavy (non-hydrogen) atoms. The number of nitrogens with zero attached hydrogens (tertiary/aromatic N) is 2. The minimum atomic E-state index is -0.632.